The summed E-state index contributed by atoms with van der Waals surface area (Å²) in [6, 6.07) is 1.96. The fourth-order valence-corrected chi connectivity index (χ4v) is 2.18. The SMILES string of the molecule is COCCCOC(=O)/C(C#N)=C1\C=C(NCCCO)CCC1. The van der Waals surface area contributed by atoms with Gasteiger partial charge in [0.1, 0.15) is 11.6 Å². The normalized spacial score (nSPS) is 16.5. The smallest absolute Gasteiger partial charge is 0.349 e. The topological polar surface area (TPSA) is 91.6 Å². The first-order valence-corrected chi connectivity index (χ1v) is 7.57. The zero-order valence-electron chi connectivity index (χ0n) is 13.1. The highest BCUT2D eigenvalue weighted by molar-refractivity contribution is 5.94. The molecule has 0 atom stereocenters. The second kappa shape index (κ2) is 10.8. The number of carbonyl (C=O) groups excluding carboxylic acids is 1. The van der Waals surface area contributed by atoms with E-state index in [1.165, 1.54) is 0 Å². The van der Waals surface area contributed by atoms with Gasteiger partial charge in [-0.2, -0.15) is 5.26 Å². The number of aliphatic hydroxyl groups is 1. The van der Waals surface area contributed by atoms with Crippen LogP contribution in [0.2, 0.25) is 0 Å². The van der Waals surface area contributed by atoms with Crippen molar-refractivity contribution < 1.29 is 19.4 Å². The van der Waals surface area contributed by atoms with Crippen LogP contribution in [0.3, 0.4) is 0 Å². The number of hydrogen-bond acceptors (Lipinski definition) is 6. The van der Waals surface area contributed by atoms with Crippen LogP contribution in [0.1, 0.15) is 32.1 Å². The molecule has 0 bridgehead atoms. The lowest BCUT2D eigenvalue weighted by molar-refractivity contribution is -0.138. The third-order valence-electron chi connectivity index (χ3n) is 3.29. The summed E-state index contributed by atoms with van der Waals surface area (Å²) in [7, 11) is 1.59. The average molecular weight is 308 g/mol. The fourth-order valence-electron chi connectivity index (χ4n) is 2.18. The van der Waals surface area contributed by atoms with E-state index < -0.39 is 5.97 Å². The molecule has 6 nitrogen and oxygen atoms in total. The lowest BCUT2D eigenvalue weighted by atomic mass is 9.95. The number of ether oxygens (including phenoxy) is 2. The van der Waals surface area contributed by atoms with Crippen molar-refractivity contribution in [2.75, 3.05) is 33.5 Å². The minimum atomic E-state index is -0.568. The molecule has 0 saturated heterocycles. The summed E-state index contributed by atoms with van der Waals surface area (Å²) in [5.41, 5.74) is 1.80. The van der Waals surface area contributed by atoms with Crippen molar-refractivity contribution in [3.8, 4) is 6.07 Å². The lowest BCUT2D eigenvalue weighted by Gasteiger charge is -2.17. The molecule has 0 aromatic carbocycles. The number of esters is 1. The van der Waals surface area contributed by atoms with Crippen LogP contribution in [0, 0.1) is 11.3 Å². The third-order valence-corrected chi connectivity index (χ3v) is 3.29. The van der Waals surface area contributed by atoms with E-state index in [1.807, 2.05) is 12.1 Å². The first-order valence-electron chi connectivity index (χ1n) is 7.57. The number of carbonyl (C=O) groups is 1. The predicted octanol–water partition coefficient (Wildman–Crippen LogP) is 1.43. The highest BCUT2D eigenvalue weighted by atomic mass is 16.5. The third kappa shape index (κ3) is 6.29. The number of rotatable bonds is 9. The maximum absolute atomic E-state index is 12.0. The molecule has 0 radical (unpaired) electrons. The van der Waals surface area contributed by atoms with Gasteiger partial charge in [0.25, 0.3) is 0 Å². The highest BCUT2D eigenvalue weighted by Crippen LogP contribution is 2.24. The molecule has 0 aromatic rings. The van der Waals surface area contributed by atoms with Gasteiger partial charge in [-0.05, 0) is 37.3 Å². The van der Waals surface area contributed by atoms with E-state index in [0.717, 1.165) is 24.1 Å². The molecular formula is C16H24N2O4. The second-order valence-electron chi connectivity index (χ2n) is 5.02. The molecule has 0 fully saturated rings. The summed E-state index contributed by atoms with van der Waals surface area (Å²) < 4.78 is 9.99. The Morgan fingerprint density at radius 2 is 2.23 bits per heavy atom. The molecule has 0 heterocycles. The highest BCUT2D eigenvalue weighted by Gasteiger charge is 2.18. The molecule has 2 N–H and O–H groups in total. The van der Waals surface area contributed by atoms with Crippen LogP contribution in [0.25, 0.3) is 0 Å². The quantitative estimate of drug-likeness (QED) is 0.290. The monoisotopic (exact) mass is 308 g/mol. The molecule has 1 rings (SSSR count). The van der Waals surface area contributed by atoms with Crippen LogP contribution < -0.4 is 5.32 Å². The maximum atomic E-state index is 12.0. The average Bonchev–Trinajstić information content (AvgIpc) is 2.53. The van der Waals surface area contributed by atoms with Gasteiger partial charge < -0.3 is 19.9 Å². The van der Waals surface area contributed by atoms with Crippen LogP contribution in [-0.2, 0) is 14.3 Å². The van der Waals surface area contributed by atoms with E-state index in [1.54, 1.807) is 7.11 Å². The molecule has 6 heteroatoms. The number of nitrogens with one attached hydrogen (secondary N) is 1. The summed E-state index contributed by atoms with van der Waals surface area (Å²) in [6.45, 7) is 1.58. The van der Waals surface area contributed by atoms with Gasteiger partial charge in [0, 0.05) is 39.0 Å². The summed E-state index contributed by atoms with van der Waals surface area (Å²) in [5, 5.41) is 21.2. The van der Waals surface area contributed by atoms with Crippen LogP contribution in [0.15, 0.2) is 22.9 Å². The Morgan fingerprint density at radius 1 is 1.41 bits per heavy atom. The minimum absolute atomic E-state index is 0.0820. The van der Waals surface area contributed by atoms with E-state index in [9.17, 15) is 10.1 Å². The van der Waals surface area contributed by atoms with Gasteiger partial charge in [-0.25, -0.2) is 4.79 Å². The Kier molecular flexibility index (Phi) is 8.96. The van der Waals surface area contributed by atoms with Gasteiger partial charge in [-0.1, -0.05) is 0 Å². The first-order chi connectivity index (χ1) is 10.7. The molecule has 0 unspecified atom stereocenters. The Morgan fingerprint density at radius 3 is 2.91 bits per heavy atom. The van der Waals surface area contributed by atoms with Crippen LogP contribution in [0.5, 0.6) is 0 Å². The van der Waals surface area contributed by atoms with Gasteiger partial charge in [0.2, 0.25) is 0 Å². The van der Waals surface area contributed by atoms with Crippen molar-refractivity contribution in [2.45, 2.75) is 32.1 Å². The zero-order valence-corrected chi connectivity index (χ0v) is 13.1. The van der Waals surface area contributed by atoms with Crippen molar-refractivity contribution >= 4 is 5.97 Å². The van der Waals surface area contributed by atoms with Gasteiger partial charge in [-0.3, -0.25) is 0 Å². The molecule has 1 aliphatic rings. The van der Waals surface area contributed by atoms with Crippen molar-refractivity contribution in [3.63, 3.8) is 0 Å². The number of methoxy groups -OCH3 is 1. The lowest BCUT2D eigenvalue weighted by Crippen LogP contribution is -2.19. The molecule has 0 aromatic heterocycles. The van der Waals surface area contributed by atoms with Crippen LogP contribution >= 0.6 is 0 Å². The first kappa shape index (κ1) is 18.2. The molecule has 0 saturated carbocycles. The summed E-state index contributed by atoms with van der Waals surface area (Å²) >= 11 is 0. The van der Waals surface area contributed by atoms with Crippen molar-refractivity contribution in [3.05, 3.63) is 22.9 Å². The van der Waals surface area contributed by atoms with E-state index >= 15 is 0 Å². The van der Waals surface area contributed by atoms with Crippen molar-refractivity contribution in [1.82, 2.24) is 5.32 Å². The van der Waals surface area contributed by atoms with Crippen LogP contribution in [0.4, 0.5) is 0 Å². The maximum Gasteiger partial charge on any atom is 0.349 e. The van der Waals surface area contributed by atoms with Crippen molar-refractivity contribution in [2.24, 2.45) is 0 Å². The van der Waals surface area contributed by atoms with E-state index in [4.69, 9.17) is 14.6 Å². The van der Waals surface area contributed by atoms with Crippen LogP contribution in [-0.4, -0.2) is 44.6 Å². The summed E-state index contributed by atoms with van der Waals surface area (Å²) in [4.78, 5) is 12.0. The van der Waals surface area contributed by atoms with E-state index in [-0.39, 0.29) is 18.8 Å². The Bertz CT molecular complexity index is 463. The molecular weight excluding hydrogens is 284 g/mol. The molecule has 0 amide bonds. The fraction of sp³-hybridized carbons (Fsp3) is 0.625. The molecule has 1 aliphatic carbocycles. The number of aliphatic hydroxyl groups excluding tert-OH is 1. The molecule has 0 spiro atoms. The molecule has 22 heavy (non-hydrogen) atoms. The predicted molar refractivity (Wildman–Crippen MR) is 81.7 cm³/mol. The Hall–Kier alpha value is -1.84. The second-order valence-corrected chi connectivity index (χ2v) is 5.02. The molecule has 122 valence electrons. The Balaban J connectivity index is 2.68. The van der Waals surface area contributed by atoms with E-state index in [0.29, 0.717) is 32.4 Å². The number of allylic oxidation sites excluding steroid dienone is 3. The largest absolute Gasteiger partial charge is 0.461 e. The van der Waals surface area contributed by atoms with Gasteiger partial charge in [0.15, 0.2) is 0 Å². The number of nitriles is 1. The van der Waals surface area contributed by atoms with Gasteiger partial charge in [0.05, 0.1) is 6.61 Å². The van der Waals surface area contributed by atoms with Gasteiger partial charge in [-0.15, -0.1) is 0 Å². The van der Waals surface area contributed by atoms with E-state index in [2.05, 4.69) is 5.32 Å². The van der Waals surface area contributed by atoms with Crippen molar-refractivity contribution in [1.29, 1.82) is 5.26 Å². The summed E-state index contributed by atoms with van der Waals surface area (Å²) in [5.74, 6) is -0.568. The Labute approximate surface area is 131 Å². The number of nitrogens with zero attached hydrogens (tertiary/aromatic N) is 1. The summed E-state index contributed by atoms with van der Waals surface area (Å²) in [6.07, 6.45) is 5.60. The van der Waals surface area contributed by atoms with Gasteiger partial charge >= 0.3 is 5.97 Å². The molecule has 0 aliphatic heterocycles. The zero-order chi connectivity index (χ0) is 16.2. The number of hydrogen-bond donors (Lipinski definition) is 2. The minimum Gasteiger partial charge on any atom is -0.461 e. The standard InChI is InChI=1S/C16H24N2O4/c1-21-9-4-10-22-16(20)15(12-17)13-5-2-6-14(11-13)18-7-3-8-19/h11,18-19H,2-10H2,1H3/b15-13-.